The molecule has 1 aromatic carbocycles. The van der Waals surface area contributed by atoms with Crippen molar-refractivity contribution in [3.63, 3.8) is 0 Å². The van der Waals surface area contributed by atoms with Gasteiger partial charge in [-0.1, -0.05) is 25.1 Å². The van der Waals surface area contributed by atoms with E-state index < -0.39 is 28.1 Å². The van der Waals surface area contributed by atoms with Crippen LogP contribution in [0.5, 0.6) is 0 Å². The predicted octanol–water partition coefficient (Wildman–Crippen LogP) is 1.40. The summed E-state index contributed by atoms with van der Waals surface area (Å²) in [5.74, 6) is -0.589. The van der Waals surface area contributed by atoms with Crippen LogP contribution in [0.15, 0.2) is 24.3 Å². The van der Waals surface area contributed by atoms with Crippen molar-refractivity contribution in [2.45, 2.75) is 18.9 Å². The van der Waals surface area contributed by atoms with Crippen molar-refractivity contribution < 1.29 is 22.1 Å². The first-order valence-corrected chi connectivity index (χ1v) is 6.92. The molecule has 0 bridgehead atoms. The van der Waals surface area contributed by atoms with Crippen LogP contribution in [0.25, 0.3) is 0 Å². The van der Waals surface area contributed by atoms with E-state index >= 15 is 0 Å². The summed E-state index contributed by atoms with van der Waals surface area (Å²) in [7, 11) is -3.67. The van der Waals surface area contributed by atoms with Crippen LogP contribution in [0.4, 0.5) is 4.39 Å². The molecule has 6 heteroatoms. The third-order valence-electron chi connectivity index (χ3n) is 2.47. The Kier molecular flexibility index (Phi) is 4.24. The fourth-order valence-corrected chi connectivity index (χ4v) is 1.82. The van der Waals surface area contributed by atoms with Crippen LogP contribution >= 0.6 is 0 Å². The SMILES string of the molecule is CCC(O)(COS(C)(=O)=O)c1ccccc1F. The first-order chi connectivity index (χ1) is 7.78. The summed E-state index contributed by atoms with van der Waals surface area (Å²) in [5, 5.41) is 10.2. The van der Waals surface area contributed by atoms with Crippen molar-refractivity contribution in [1.29, 1.82) is 0 Å². The Balaban J connectivity index is 3.00. The molecule has 0 aliphatic carbocycles. The Hall–Kier alpha value is -0.980. The first-order valence-electron chi connectivity index (χ1n) is 5.10. The quantitative estimate of drug-likeness (QED) is 0.815. The van der Waals surface area contributed by atoms with E-state index in [4.69, 9.17) is 0 Å². The largest absolute Gasteiger partial charge is 0.383 e. The summed E-state index contributed by atoms with van der Waals surface area (Å²) in [4.78, 5) is 0. The normalized spacial score (nSPS) is 15.5. The van der Waals surface area contributed by atoms with Gasteiger partial charge in [0.05, 0.1) is 12.9 Å². The summed E-state index contributed by atoms with van der Waals surface area (Å²) < 4.78 is 39.8. The second-order valence-corrected chi connectivity index (χ2v) is 5.48. The molecule has 1 rings (SSSR count). The van der Waals surface area contributed by atoms with Crippen molar-refractivity contribution in [3.05, 3.63) is 35.6 Å². The van der Waals surface area contributed by atoms with Gasteiger partial charge in [-0.3, -0.25) is 4.18 Å². The third-order valence-corrected chi connectivity index (χ3v) is 3.02. The maximum absolute atomic E-state index is 13.5. The Morgan fingerprint density at radius 2 is 2.00 bits per heavy atom. The number of halogens is 1. The van der Waals surface area contributed by atoms with Gasteiger partial charge in [0, 0.05) is 5.56 Å². The van der Waals surface area contributed by atoms with Gasteiger partial charge in [-0.25, -0.2) is 4.39 Å². The topological polar surface area (TPSA) is 63.6 Å². The standard InChI is InChI=1S/C11H15FO4S/c1-3-11(13,8-16-17(2,14)15)9-6-4-5-7-10(9)12/h4-7,13H,3,8H2,1-2H3. The number of hydrogen-bond acceptors (Lipinski definition) is 4. The molecule has 0 aliphatic heterocycles. The minimum Gasteiger partial charge on any atom is -0.383 e. The van der Waals surface area contributed by atoms with Gasteiger partial charge in [0.15, 0.2) is 0 Å². The van der Waals surface area contributed by atoms with Crippen molar-refractivity contribution in [2.75, 3.05) is 12.9 Å². The zero-order valence-corrected chi connectivity index (χ0v) is 10.5. The van der Waals surface area contributed by atoms with Gasteiger partial charge in [-0.15, -0.1) is 0 Å². The fourth-order valence-electron chi connectivity index (χ4n) is 1.41. The number of benzene rings is 1. The zero-order valence-electron chi connectivity index (χ0n) is 9.68. The van der Waals surface area contributed by atoms with Gasteiger partial charge < -0.3 is 5.11 Å². The predicted molar refractivity (Wildman–Crippen MR) is 61.4 cm³/mol. The second kappa shape index (κ2) is 5.12. The van der Waals surface area contributed by atoms with Gasteiger partial charge in [-0.2, -0.15) is 8.42 Å². The van der Waals surface area contributed by atoms with E-state index in [9.17, 15) is 17.9 Å². The van der Waals surface area contributed by atoms with Gasteiger partial charge >= 0.3 is 0 Å². The summed E-state index contributed by atoms with van der Waals surface area (Å²) in [6.45, 7) is 1.13. The summed E-state index contributed by atoms with van der Waals surface area (Å²) >= 11 is 0. The smallest absolute Gasteiger partial charge is 0.264 e. The molecule has 0 aromatic heterocycles. The van der Waals surface area contributed by atoms with Crippen LogP contribution in [0.1, 0.15) is 18.9 Å². The molecule has 0 aliphatic rings. The van der Waals surface area contributed by atoms with Crippen LogP contribution < -0.4 is 0 Å². The van der Waals surface area contributed by atoms with E-state index in [-0.39, 0.29) is 12.0 Å². The second-order valence-electron chi connectivity index (χ2n) is 3.83. The molecule has 17 heavy (non-hydrogen) atoms. The lowest BCUT2D eigenvalue weighted by molar-refractivity contribution is -0.0136. The van der Waals surface area contributed by atoms with Gasteiger partial charge in [-0.05, 0) is 12.5 Å². The Morgan fingerprint density at radius 1 is 1.41 bits per heavy atom. The molecule has 1 N–H and O–H groups in total. The Labute approximate surface area is 100 Å². The molecule has 0 saturated heterocycles. The highest BCUT2D eigenvalue weighted by molar-refractivity contribution is 7.85. The van der Waals surface area contributed by atoms with Gasteiger partial charge in [0.2, 0.25) is 0 Å². The van der Waals surface area contributed by atoms with Crippen molar-refractivity contribution >= 4 is 10.1 Å². The zero-order chi connectivity index (χ0) is 13.1. The molecule has 4 nitrogen and oxygen atoms in total. The Bertz CT molecular complexity index is 486. The lowest BCUT2D eigenvalue weighted by atomic mass is 9.92. The average Bonchev–Trinajstić information content (AvgIpc) is 2.26. The average molecular weight is 262 g/mol. The van der Waals surface area contributed by atoms with E-state index in [1.54, 1.807) is 13.0 Å². The Morgan fingerprint density at radius 3 is 2.47 bits per heavy atom. The molecule has 0 amide bonds. The van der Waals surface area contributed by atoms with E-state index in [0.29, 0.717) is 0 Å². The lowest BCUT2D eigenvalue weighted by Crippen LogP contribution is -2.33. The van der Waals surface area contributed by atoms with Crippen LogP contribution in [0, 0.1) is 5.82 Å². The van der Waals surface area contributed by atoms with Gasteiger partial charge in [0.1, 0.15) is 11.4 Å². The summed E-state index contributed by atoms with van der Waals surface area (Å²) in [5.41, 5.74) is -1.61. The number of hydrogen-bond donors (Lipinski definition) is 1. The van der Waals surface area contributed by atoms with E-state index in [0.717, 1.165) is 6.26 Å². The lowest BCUT2D eigenvalue weighted by Gasteiger charge is -2.26. The van der Waals surface area contributed by atoms with Crippen LogP contribution in [-0.4, -0.2) is 26.4 Å². The highest BCUT2D eigenvalue weighted by Gasteiger charge is 2.31. The minimum absolute atomic E-state index is 0.0335. The molecule has 1 aromatic rings. The van der Waals surface area contributed by atoms with E-state index in [1.807, 2.05) is 0 Å². The molecule has 1 atom stereocenters. The number of aliphatic hydroxyl groups is 1. The molecule has 0 heterocycles. The molecule has 0 radical (unpaired) electrons. The van der Waals surface area contributed by atoms with Crippen molar-refractivity contribution in [2.24, 2.45) is 0 Å². The maximum Gasteiger partial charge on any atom is 0.264 e. The molecular weight excluding hydrogens is 247 g/mol. The molecule has 96 valence electrons. The molecule has 0 saturated carbocycles. The summed E-state index contributed by atoms with van der Waals surface area (Å²) in [6, 6.07) is 5.67. The number of rotatable bonds is 5. The van der Waals surface area contributed by atoms with E-state index in [1.165, 1.54) is 18.2 Å². The molecule has 0 fully saturated rings. The fraction of sp³-hybridized carbons (Fsp3) is 0.455. The highest BCUT2D eigenvalue weighted by atomic mass is 32.2. The minimum atomic E-state index is -3.67. The van der Waals surface area contributed by atoms with Crippen LogP contribution in [0.2, 0.25) is 0 Å². The van der Waals surface area contributed by atoms with Crippen molar-refractivity contribution in [3.8, 4) is 0 Å². The van der Waals surface area contributed by atoms with Crippen molar-refractivity contribution in [1.82, 2.24) is 0 Å². The summed E-state index contributed by atoms with van der Waals surface area (Å²) in [6.07, 6.45) is 1.02. The monoisotopic (exact) mass is 262 g/mol. The molecular formula is C11H15FO4S. The third kappa shape index (κ3) is 3.76. The molecule has 0 spiro atoms. The van der Waals surface area contributed by atoms with Crippen LogP contribution in [0.3, 0.4) is 0 Å². The maximum atomic E-state index is 13.5. The van der Waals surface area contributed by atoms with E-state index in [2.05, 4.69) is 4.18 Å². The first kappa shape index (κ1) is 14.1. The van der Waals surface area contributed by atoms with Gasteiger partial charge in [0.25, 0.3) is 10.1 Å². The van der Waals surface area contributed by atoms with Crippen LogP contribution in [-0.2, 0) is 19.9 Å². The molecule has 1 unspecified atom stereocenters. The highest BCUT2D eigenvalue weighted by Crippen LogP contribution is 2.27.